The number of ether oxygens (including phenoxy) is 1. The Balaban J connectivity index is 1.53. The maximum atomic E-state index is 12.9. The molecule has 0 saturated carbocycles. The number of hydrogen-bond donors (Lipinski definition) is 0. The minimum absolute atomic E-state index is 0.173. The highest BCUT2D eigenvalue weighted by Crippen LogP contribution is 2.27. The summed E-state index contributed by atoms with van der Waals surface area (Å²) >= 11 is 0. The molecule has 1 saturated heterocycles. The number of likely N-dealkylation sites (tertiary alicyclic amines) is 1. The van der Waals surface area contributed by atoms with Crippen LogP contribution < -0.4 is 4.74 Å². The van der Waals surface area contributed by atoms with E-state index in [1.54, 1.807) is 34.6 Å². The Kier molecular flexibility index (Phi) is 4.15. The highest BCUT2D eigenvalue weighted by atomic mass is 32.2. The first kappa shape index (κ1) is 17.5. The van der Waals surface area contributed by atoms with E-state index in [9.17, 15) is 13.2 Å². The molecule has 4 rings (SSSR count). The number of carbonyl (C=O) groups is 1. The van der Waals surface area contributed by atoms with Crippen molar-refractivity contribution in [3.8, 4) is 5.75 Å². The van der Waals surface area contributed by atoms with Gasteiger partial charge in [-0.2, -0.15) is 0 Å². The van der Waals surface area contributed by atoms with E-state index in [0.29, 0.717) is 22.8 Å². The smallest absolute Gasteiger partial charge is 0.272 e. The van der Waals surface area contributed by atoms with Crippen LogP contribution in [-0.4, -0.2) is 54.1 Å². The molecule has 1 aromatic carbocycles. The average molecular weight is 385 g/mol. The number of imidazole rings is 1. The second kappa shape index (κ2) is 6.38. The standard InChI is InChI=1S/C19H19N3O4S/c1-13-18(22-10-4-3-5-17(22)20-13)19(23)21-11-16(12-21)27(24,25)15-8-6-14(26-2)7-9-15/h3-10,16H,11-12H2,1-2H3. The van der Waals surface area contributed by atoms with Crippen molar-refractivity contribution in [1.29, 1.82) is 0 Å². The van der Waals surface area contributed by atoms with Gasteiger partial charge in [0, 0.05) is 19.3 Å². The lowest BCUT2D eigenvalue weighted by Gasteiger charge is -2.38. The van der Waals surface area contributed by atoms with Crippen molar-refractivity contribution in [2.45, 2.75) is 17.1 Å². The number of methoxy groups -OCH3 is 1. The Hall–Kier alpha value is -2.87. The lowest BCUT2D eigenvalue weighted by atomic mass is 10.2. The van der Waals surface area contributed by atoms with Gasteiger partial charge in [-0.25, -0.2) is 13.4 Å². The van der Waals surface area contributed by atoms with Gasteiger partial charge in [0.2, 0.25) is 0 Å². The molecule has 140 valence electrons. The highest BCUT2D eigenvalue weighted by molar-refractivity contribution is 7.92. The lowest BCUT2D eigenvalue weighted by molar-refractivity contribution is 0.0651. The summed E-state index contributed by atoms with van der Waals surface area (Å²) in [5, 5.41) is -0.602. The third kappa shape index (κ3) is 2.86. The quantitative estimate of drug-likeness (QED) is 0.686. The van der Waals surface area contributed by atoms with Crippen LogP contribution in [0, 0.1) is 6.92 Å². The van der Waals surface area contributed by atoms with Crippen molar-refractivity contribution >= 4 is 21.4 Å². The first-order valence-corrected chi connectivity index (χ1v) is 10.1. The summed E-state index contributed by atoms with van der Waals surface area (Å²) in [5.74, 6) is 0.398. The Morgan fingerprint density at radius 2 is 1.85 bits per heavy atom. The molecule has 0 N–H and O–H groups in total. The maximum absolute atomic E-state index is 12.9. The van der Waals surface area contributed by atoms with Crippen LogP contribution in [0.15, 0.2) is 53.6 Å². The number of carbonyl (C=O) groups excluding carboxylic acids is 1. The predicted octanol–water partition coefficient (Wildman–Crippen LogP) is 1.95. The van der Waals surface area contributed by atoms with Crippen molar-refractivity contribution in [2.24, 2.45) is 0 Å². The minimum atomic E-state index is -3.49. The van der Waals surface area contributed by atoms with E-state index in [2.05, 4.69) is 4.98 Å². The van der Waals surface area contributed by atoms with Gasteiger partial charge in [0.1, 0.15) is 22.3 Å². The molecule has 3 heterocycles. The van der Waals surface area contributed by atoms with Crippen LogP contribution >= 0.6 is 0 Å². The summed E-state index contributed by atoms with van der Waals surface area (Å²) < 4.78 is 32.3. The van der Waals surface area contributed by atoms with Gasteiger partial charge in [-0.15, -0.1) is 0 Å². The minimum Gasteiger partial charge on any atom is -0.497 e. The van der Waals surface area contributed by atoms with Crippen molar-refractivity contribution in [3.05, 3.63) is 60.0 Å². The molecule has 0 aliphatic carbocycles. The van der Waals surface area contributed by atoms with Gasteiger partial charge in [-0.05, 0) is 43.3 Å². The van der Waals surface area contributed by atoms with E-state index >= 15 is 0 Å². The maximum Gasteiger partial charge on any atom is 0.272 e. The molecule has 3 aromatic rings. The number of benzene rings is 1. The molecule has 27 heavy (non-hydrogen) atoms. The SMILES string of the molecule is COc1ccc(S(=O)(=O)C2CN(C(=O)c3c(C)nc4ccccn34)C2)cc1. The number of rotatable bonds is 4. The largest absolute Gasteiger partial charge is 0.497 e. The van der Waals surface area contributed by atoms with E-state index < -0.39 is 15.1 Å². The molecule has 1 amide bonds. The van der Waals surface area contributed by atoms with Gasteiger partial charge in [0.05, 0.1) is 17.7 Å². The van der Waals surface area contributed by atoms with Crippen LogP contribution in [0.1, 0.15) is 16.2 Å². The first-order chi connectivity index (χ1) is 12.9. The molecular weight excluding hydrogens is 366 g/mol. The fourth-order valence-electron chi connectivity index (χ4n) is 3.28. The zero-order chi connectivity index (χ0) is 19.2. The molecule has 8 heteroatoms. The first-order valence-electron chi connectivity index (χ1n) is 8.52. The van der Waals surface area contributed by atoms with Gasteiger partial charge in [-0.1, -0.05) is 6.07 Å². The Morgan fingerprint density at radius 1 is 1.15 bits per heavy atom. The lowest BCUT2D eigenvalue weighted by Crippen LogP contribution is -2.57. The van der Waals surface area contributed by atoms with Gasteiger partial charge >= 0.3 is 0 Å². The number of amides is 1. The normalized spacial score (nSPS) is 15.0. The molecule has 7 nitrogen and oxygen atoms in total. The van der Waals surface area contributed by atoms with Crippen molar-refractivity contribution in [3.63, 3.8) is 0 Å². The zero-order valence-electron chi connectivity index (χ0n) is 15.0. The Labute approximate surface area is 157 Å². The molecule has 0 spiro atoms. The summed E-state index contributed by atoms with van der Waals surface area (Å²) in [6, 6.07) is 11.8. The average Bonchev–Trinajstić information content (AvgIpc) is 2.95. The van der Waals surface area contributed by atoms with Crippen LogP contribution in [0.4, 0.5) is 0 Å². The van der Waals surface area contributed by atoms with Gasteiger partial charge in [0.25, 0.3) is 5.91 Å². The van der Waals surface area contributed by atoms with E-state index in [1.807, 2.05) is 18.2 Å². The predicted molar refractivity (Wildman–Crippen MR) is 99.8 cm³/mol. The summed E-state index contributed by atoms with van der Waals surface area (Å²) in [6.07, 6.45) is 1.79. The highest BCUT2D eigenvalue weighted by Gasteiger charge is 2.41. The van der Waals surface area contributed by atoms with E-state index in [-0.39, 0.29) is 23.9 Å². The second-order valence-electron chi connectivity index (χ2n) is 6.53. The van der Waals surface area contributed by atoms with Crippen LogP contribution in [-0.2, 0) is 9.84 Å². The van der Waals surface area contributed by atoms with E-state index in [0.717, 1.165) is 0 Å². The third-order valence-corrected chi connectivity index (χ3v) is 6.97. The third-order valence-electron chi connectivity index (χ3n) is 4.87. The number of sulfone groups is 1. The van der Waals surface area contributed by atoms with Crippen molar-refractivity contribution < 1.29 is 17.9 Å². The number of aromatic nitrogens is 2. The molecule has 2 aromatic heterocycles. The summed E-state index contributed by atoms with van der Waals surface area (Å²) in [4.78, 5) is 19.1. The molecule has 0 bridgehead atoms. The van der Waals surface area contributed by atoms with Crippen LogP contribution in [0.3, 0.4) is 0 Å². The van der Waals surface area contributed by atoms with E-state index in [1.165, 1.54) is 19.2 Å². The summed E-state index contributed by atoms with van der Waals surface area (Å²) in [6.45, 7) is 2.13. The molecular formula is C19H19N3O4S. The number of aryl methyl sites for hydroxylation is 1. The molecule has 1 aliphatic rings. The van der Waals surface area contributed by atoms with Crippen LogP contribution in [0.5, 0.6) is 5.75 Å². The van der Waals surface area contributed by atoms with Crippen molar-refractivity contribution in [2.75, 3.05) is 20.2 Å². The Bertz CT molecular complexity index is 1110. The van der Waals surface area contributed by atoms with Gasteiger partial charge in [0.15, 0.2) is 9.84 Å². The Morgan fingerprint density at radius 3 is 2.52 bits per heavy atom. The second-order valence-corrected chi connectivity index (χ2v) is 8.76. The molecule has 0 radical (unpaired) electrons. The molecule has 0 atom stereocenters. The fourth-order valence-corrected chi connectivity index (χ4v) is 4.93. The summed E-state index contributed by atoms with van der Waals surface area (Å²) in [5.41, 5.74) is 1.81. The number of fused-ring (bicyclic) bond motifs is 1. The molecule has 1 aliphatic heterocycles. The fraction of sp³-hybridized carbons (Fsp3) is 0.263. The van der Waals surface area contributed by atoms with Crippen LogP contribution in [0.2, 0.25) is 0 Å². The van der Waals surface area contributed by atoms with Crippen molar-refractivity contribution in [1.82, 2.24) is 14.3 Å². The topological polar surface area (TPSA) is 81.0 Å². The summed E-state index contributed by atoms with van der Waals surface area (Å²) in [7, 11) is -1.96. The van der Waals surface area contributed by atoms with Crippen LogP contribution in [0.25, 0.3) is 5.65 Å². The van der Waals surface area contributed by atoms with Gasteiger partial charge in [-0.3, -0.25) is 9.20 Å². The van der Waals surface area contributed by atoms with E-state index in [4.69, 9.17) is 4.74 Å². The monoisotopic (exact) mass is 385 g/mol. The van der Waals surface area contributed by atoms with Gasteiger partial charge < -0.3 is 9.64 Å². The zero-order valence-corrected chi connectivity index (χ0v) is 15.8. The number of pyridine rings is 1. The number of nitrogens with zero attached hydrogens (tertiary/aromatic N) is 3. The molecule has 0 unspecified atom stereocenters. The molecule has 1 fully saturated rings. The number of hydrogen-bond acceptors (Lipinski definition) is 5.